The Balaban J connectivity index is 2.79. The minimum atomic E-state index is -3.72. The van der Waals surface area contributed by atoms with Gasteiger partial charge in [0.15, 0.2) is 0 Å². The number of aromatic nitrogens is 1. The van der Waals surface area contributed by atoms with Crippen molar-refractivity contribution in [2.75, 3.05) is 6.54 Å². The topological polar surface area (TPSA) is 96.4 Å². The molecule has 1 heterocycles. The normalized spacial score (nSPS) is 13.3. The summed E-state index contributed by atoms with van der Waals surface area (Å²) in [5.74, 6) is -1.84. The van der Waals surface area contributed by atoms with Crippen molar-refractivity contribution in [2.24, 2.45) is 5.92 Å². The summed E-state index contributed by atoms with van der Waals surface area (Å²) < 4.78 is 26.2. The van der Waals surface area contributed by atoms with Crippen LogP contribution in [0.5, 0.6) is 0 Å². The Morgan fingerprint density at radius 1 is 1.59 bits per heavy atom. The number of carboxylic acid groups (broad SMARTS) is 1. The highest BCUT2D eigenvalue weighted by molar-refractivity contribution is 9.10. The van der Waals surface area contributed by atoms with Gasteiger partial charge >= 0.3 is 5.97 Å². The van der Waals surface area contributed by atoms with E-state index >= 15 is 0 Å². The summed E-state index contributed by atoms with van der Waals surface area (Å²) in [7, 11) is -3.72. The molecule has 1 atom stereocenters. The summed E-state index contributed by atoms with van der Waals surface area (Å²) >= 11 is 3.11. The number of rotatable bonds is 5. The Morgan fingerprint density at radius 3 is 2.76 bits per heavy atom. The zero-order valence-electron chi connectivity index (χ0n) is 8.92. The monoisotopic (exact) mass is 322 g/mol. The molecule has 0 amide bonds. The Hall–Kier alpha value is -0.990. The third-order valence-corrected chi connectivity index (χ3v) is 3.82. The van der Waals surface area contributed by atoms with Gasteiger partial charge in [-0.3, -0.25) is 9.78 Å². The molecule has 0 saturated carbocycles. The van der Waals surface area contributed by atoms with Crippen LogP contribution < -0.4 is 4.72 Å². The number of hydrogen-bond acceptors (Lipinski definition) is 4. The minimum absolute atomic E-state index is 0.00976. The fraction of sp³-hybridized carbons (Fsp3) is 0.333. The Morgan fingerprint density at radius 2 is 2.24 bits per heavy atom. The van der Waals surface area contributed by atoms with Crippen molar-refractivity contribution in [3.63, 3.8) is 0 Å². The molecule has 0 aliphatic rings. The van der Waals surface area contributed by atoms with Gasteiger partial charge in [-0.1, -0.05) is 6.92 Å². The van der Waals surface area contributed by atoms with Crippen molar-refractivity contribution in [1.82, 2.24) is 9.71 Å². The number of aliphatic carboxylic acids is 1. The van der Waals surface area contributed by atoms with Gasteiger partial charge in [0.1, 0.15) is 4.90 Å². The molecule has 0 radical (unpaired) electrons. The van der Waals surface area contributed by atoms with Gasteiger partial charge in [-0.25, -0.2) is 13.1 Å². The van der Waals surface area contributed by atoms with Crippen molar-refractivity contribution in [3.05, 3.63) is 22.9 Å². The second kappa shape index (κ2) is 5.56. The molecule has 17 heavy (non-hydrogen) atoms. The highest BCUT2D eigenvalue weighted by Gasteiger charge is 2.18. The Labute approximate surface area is 107 Å². The van der Waals surface area contributed by atoms with Crippen LogP contribution in [0.25, 0.3) is 0 Å². The fourth-order valence-corrected chi connectivity index (χ4v) is 2.58. The summed E-state index contributed by atoms with van der Waals surface area (Å²) in [4.78, 5) is 14.3. The molecule has 1 aromatic heterocycles. The van der Waals surface area contributed by atoms with E-state index in [4.69, 9.17) is 5.11 Å². The number of halogens is 1. The number of sulfonamides is 1. The molecule has 0 saturated heterocycles. The van der Waals surface area contributed by atoms with E-state index in [1.54, 1.807) is 0 Å². The Kier molecular flexibility index (Phi) is 4.61. The third kappa shape index (κ3) is 4.06. The van der Waals surface area contributed by atoms with E-state index in [1.807, 2.05) is 0 Å². The van der Waals surface area contributed by atoms with Crippen LogP contribution in [0, 0.1) is 5.92 Å². The first-order valence-electron chi connectivity index (χ1n) is 4.66. The highest BCUT2D eigenvalue weighted by Crippen LogP contribution is 2.14. The zero-order valence-corrected chi connectivity index (χ0v) is 11.3. The first-order chi connectivity index (χ1) is 7.83. The number of hydrogen-bond donors (Lipinski definition) is 2. The molecule has 1 unspecified atom stereocenters. The first kappa shape index (κ1) is 14.1. The molecule has 1 rings (SSSR count). The van der Waals surface area contributed by atoms with Crippen molar-refractivity contribution in [2.45, 2.75) is 11.8 Å². The second-order valence-corrected chi connectivity index (χ2v) is 6.11. The number of nitrogens with one attached hydrogen (secondary N) is 1. The minimum Gasteiger partial charge on any atom is -0.481 e. The molecule has 2 N–H and O–H groups in total. The lowest BCUT2D eigenvalue weighted by Gasteiger charge is -2.09. The van der Waals surface area contributed by atoms with E-state index in [1.165, 1.54) is 25.4 Å². The predicted octanol–water partition coefficient (Wildman–Crippen LogP) is 0.843. The van der Waals surface area contributed by atoms with Crippen LogP contribution >= 0.6 is 15.9 Å². The molecule has 0 fully saturated rings. The average molecular weight is 323 g/mol. The zero-order chi connectivity index (χ0) is 13.1. The second-order valence-electron chi connectivity index (χ2n) is 3.43. The van der Waals surface area contributed by atoms with Gasteiger partial charge in [0, 0.05) is 23.4 Å². The summed E-state index contributed by atoms with van der Waals surface area (Å²) in [6.45, 7) is 1.26. The van der Waals surface area contributed by atoms with Crippen LogP contribution in [0.1, 0.15) is 6.92 Å². The van der Waals surface area contributed by atoms with Crippen LogP contribution in [-0.2, 0) is 14.8 Å². The predicted molar refractivity (Wildman–Crippen MR) is 63.9 cm³/mol. The SMILES string of the molecule is CC(CNS(=O)(=O)c1cncc(Br)c1)C(=O)O. The lowest BCUT2D eigenvalue weighted by Crippen LogP contribution is -2.31. The molecule has 6 nitrogen and oxygen atoms in total. The van der Waals surface area contributed by atoms with E-state index in [-0.39, 0.29) is 11.4 Å². The molecule has 8 heteroatoms. The third-order valence-electron chi connectivity index (χ3n) is 1.99. The molecule has 94 valence electrons. The summed E-state index contributed by atoms with van der Waals surface area (Å²) in [5, 5.41) is 8.64. The van der Waals surface area contributed by atoms with E-state index in [2.05, 4.69) is 25.6 Å². The van der Waals surface area contributed by atoms with Crippen LogP contribution in [0.2, 0.25) is 0 Å². The fourth-order valence-electron chi connectivity index (χ4n) is 0.945. The lowest BCUT2D eigenvalue weighted by molar-refractivity contribution is -0.140. The molecule has 0 aromatic carbocycles. The smallest absolute Gasteiger partial charge is 0.307 e. The lowest BCUT2D eigenvalue weighted by atomic mass is 10.2. The van der Waals surface area contributed by atoms with Crippen molar-refractivity contribution >= 4 is 31.9 Å². The van der Waals surface area contributed by atoms with Gasteiger partial charge in [0.05, 0.1) is 5.92 Å². The van der Waals surface area contributed by atoms with Crippen LogP contribution in [0.3, 0.4) is 0 Å². The van der Waals surface area contributed by atoms with E-state index in [0.29, 0.717) is 4.47 Å². The molecule has 1 aromatic rings. The van der Waals surface area contributed by atoms with Gasteiger partial charge in [0.2, 0.25) is 10.0 Å². The summed E-state index contributed by atoms with van der Waals surface area (Å²) in [5.41, 5.74) is 0. The molecule has 0 aliphatic heterocycles. The summed E-state index contributed by atoms with van der Waals surface area (Å²) in [6, 6.07) is 1.39. The molecule has 0 spiro atoms. The van der Waals surface area contributed by atoms with Crippen molar-refractivity contribution < 1.29 is 18.3 Å². The number of nitrogens with zero attached hydrogens (tertiary/aromatic N) is 1. The molecule has 0 bridgehead atoms. The average Bonchev–Trinajstić information content (AvgIpc) is 2.26. The molecular formula is C9H11BrN2O4S. The van der Waals surface area contributed by atoms with E-state index in [9.17, 15) is 13.2 Å². The van der Waals surface area contributed by atoms with Crippen molar-refractivity contribution in [1.29, 1.82) is 0 Å². The quantitative estimate of drug-likeness (QED) is 0.837. The van der Waals surface area contributed by atoms with E-state index < -0.39 is 21.9 Å². The van der Waals surface area contributed by atoms with Gasteiger partial charge in [-0.2, -0.15) is 0 Å². The van der Waals surface area contributed by atoms with Gasteiger partial charge in [-0.05, 0) is 22.0 Å². The maximum atomic E-state index is 11.7. The number of carboxylic acids is 1. The van der Waals surface area contributed by atoms with E-state index in [0.717, 1.165) is 0 Å². The number of pyridine rings is 1. The van der Waals surface area contributed by atoms with Crippen LogP contribution in [0.15, 0.2) is 27.8 Å². The van der Waals surface area contributed by atoms with Crippen LogP contribution in [-0.4, -0.2) is 31.0 Å². The largest absolute Gasteiger partial charge is 0.481 e. The molecular weight excluding hydrogens is 312 g/mol. The Bertz CT molecular complexity index is 517. The number of carbonyl (C=O) groups is 1. The van der Waals surface area contributed by atoms with Gasteiger partial charge in [0.25, 0.3) is 0 Å². The molecule has 0 aliphatic carbocycles. The highest BCUT2D eigenvalue weighted by atomic mass is 79.9. The maximum absolute atomic E-state index is 11.7. The summed E-state index contributed by atoms with van der Waals surface area (Å²) in [6.07, 6.45) is 2.65. The van der Waals surface area contributed by atoms with Crippen molar-refractivity contribution in [3.8, 4) is 0 Å². The first-order valence-corrected chi connectivity index (χ1v) is 6.93. The van der Waals surface area contributed by atoms with Crippen LogP contribution in [0.4, 0.5) is 0 Å². The van der Waals surface area contributed by atoms with Gasteiger partial charge in [-0.15, -0.1) is 0 Å². The van der Waals surface area contributed by atoms with Gasteiger partial charge < -0.3 is 5.11 Å². The standard InChI is InChI=1S/C9H11BrN2O4S/c1-6(9(13)14)3-12-17(15,16)8-2-7(10)4-11-5-8/h2,4-6,12H,3H2,1H3,(H,13,14). The maximum Gasteiger partial charge on any atom is 0.307 e.